The second kappa shape index (κ2) is 9.03. The van der Waals surface area contributed by atoms with Gasteiger partial charge in [0, 0.05) is 19.6 Å². The Kier molecular flexibility index (Phi) is 8.11. The van der Waals surface area contributed by atoms with Crippen LogP contribution in [0.15, 0.2) is 4.99 Å². The average molecular weight is 379 g/mol. The number of nitrogens with zero attached hydrogens (tertiary/aromatic N) is 1. The maximum absolute atomic E-state index is 4.34. The Hall–Kier alpha value is 0. The quantitative estimate of drug-likeness (QED) is 0.436. The van der Waals surface area contributed by atoms with Gasteiger partial charge < -0.3 is 10.6 Å². The molecule has 0 aromatic rings. The van der Waals surface area contributed by atoms with E-state index in [9.17, 15) is 0 Å². The van der Waals surface area contributed by atoms with Gasteiger partial charge in [-0.2, -0.15) is 0 Å². The van der Waals surface area contributed by atoms with E-state index in [1.54, 1.807) is 0 Å². The number of hydrogen-bond donors (Lipinski definition) is 2. The van der Waals surface area contributed by atoms with Gasteiger partial charge in [0.15, 0.2) is 5.96 Å². The highest BCUT2D eigenvalue weighted by atomic mass is 127. The molecule has 112 valence electrons. The van der Waals surface area contributed by atoms with E-state index in [-0.39, 0.29) is 24.0 Å². The Balaban J connectivity index is 0.00000180. The first-order valence-corrected chi connectivity index (χ1v) is 7.79. The molecule has 0 aromatic carbocycles. The van der Waals surface area contributed by atoms with Gasteiger partial charge in [-0.05, 0) is 31.1 Å². The highest BCUT2D eigenvalue weighted by Crippen LogP contribution is 2.31. The summed E-state index contributed by atoms with van der Waals surface area (Å²) in [5, 5.41) is 7.06. The average Bonchev–Trinajstić information content (AvgIpc) is 3.22. The van der Waals surface area contributed by atoms with Gasteiger partial charge in [-0.3, -0.25) is 4.99 Å². The van der Waals surface area contributed by atoms with Crippen LogP contribution in [-0.4, -0.2) is 25.6 Å². The van der Waals surface area contributed by atoms with E-state index in [4.69, 9.17) is 0 Å². The van der Waals surface area contributed by atoms with Gasteiger partial charge in [0.25, 0.3) is 0 Å². The topological polar surface area (TPSA) is 36.4 Å². The Morgan fingerprint density at radius 3 is 2.58 bits per heavy atom. The standard InChI is InChI=1S/C15H29N3.HI/c1-3-12-5-4-6-14(11-12)18-15(16-2)17-10-9-13-7-8-13;/h12-14H,3-11H2,1-2H3,(H2,16,17,18);1H. The summed E-state index contributed by atoms with van der Waals surface area (Å²) in [5.74, 6) is 2.92. The van der Waals surface area contributed by atoms with E-state index >= 15 is 0 Å². The molecule has 0 radical (unpaired) electrons. The van der Waals surface area contributed by atoms with Gasteiger partial charge in [0.05, 0.1) is 0 Å². The maximum Gasteiger partial charge on any atom is 0.191 e. The van der Waals surface area contributed by atoms with Crippen LogP contribution in [0, 0.1) is 11.8 Å². The van der Waals surface area contributed by atoms with Crippen molar-refractivity contribution in [3.63, 3.8) is 0 Å². The van der Waals surface area contributed by atoms with Crippen molar-refractivity contribution in [3.05, 3.63) is 0 Å². The van der Waals surface area contributed by atoms with E-state index in [0.29, 0.717) is 6.04 Å². The third kappa shape index (κ3) is 6.32. The van der Waals surface area contributed by atoms with Crippen molar-refractivity contribution in [2.75, 3.05) is 13.6 Å². The van der Waals surface area contributed by atoms with Gasteiger partial charge in [-0.15, -0.1) is 24.0 Å². The molecular weight excluding hydrogens is 349 g/mol. The number of hydrogen-bond acceptors (Lipinski definition) is 1. The maximum atomic E-state index is 4.34. The summed E-state index contributed by atoms with van der Waals surface area (Å²) in [7, 11) is 1.88. The summed E-state index contributed by atoms with van der Waals surface area (Å²) in [5.41, 5.74) is 0. The van der Waals surface area contributed by atoms with Crippen molar-refractivity contribution < 1.29 is 0 Å². The summed E-state index contributed by atoms with van der Waals surface area (Å²) in [6.07, 6.45) is 10.9. The lowest BCUT2D eigenvalue weighted by Crippen LogP contribution is -2.45. The first kappa shape index (κ1) is 17.1. The molecule has 2 atom stereocenters. The molecule has 0 heterocycles. The highest BCUT2D eigenvalue weighted by Gasteiger charge is 2.22. The summed E-state index contributed by atoms with van der Waals surface area (Å²) < 4.78 is 0. The van der Waals surface area contributed by atoms with E-state index in [1.807, 2.05) is 7.05 Å². The Morgan fingerprint density at radius 1 is 1.16 bits per heavy atom. The molecule has 0 spiro atoms. The summed E-state index contributed by atoms with van der Waals surface area (Å²) in [4.78, 5) is 4.34. The first-order chi connectivity index (χ1) is 8.81. The SMILES string of the molecule is CCC1CCCC(NC(=NC)NCCC2CC2)C1.I. The molecule has 0 aliphatic heterocycles. The molecule has 2 rings (SSSR count). The minimum atomic E-state index is 0. The molecule has 2 aliphatic carbocycles. The largest absolute Gasteiger partial charge is 0.356 e. The van der Waals surface area contributed by atoms with E-state index in [1.165, 1.54) is 51.4 Å². The summed E-state index contributed by atoms with van der Waals surface area (Å²) >= 11 is 0. The fourth-order valence-electron chi connectivity index (χ4n) is 2.98. The molecule has 4 heteroatoms. The predicted octanol–water partition coefficient (Wildman–Crippen LogP) is 3.54. The Bertz CT molecular complexity index is 277. The lowest BCUT2D eigenvalue weighted by molar-refractivity contribution is 0.298. The summed E-state index contributed by atoms with van der Waals surface area (Å²) in [6, 6.07) is 0.635. The van der Waals surface area contributed by atoms with Crippen LogP contribution in [0.25, 0.3) is 0 Å². The van der Waals surface area contributed by atoms with Crippen molar-refractivity contribution >= 4 is 29.9 Å². The lowest BCUT2D eigenvalue weighted by Gasteiger charge is -2.30. The zero-order valence-electron chi connectivity index (χ0n) is 12.5. The van der Waals surface area contributed by atoms with Crippen LogP contribution in [-0.2, 0) is 0 Å². The van der Waals surface area contributed by atoms with Crippen molar-refractivity contribution in [1.29, 1.82) is 0 Å². The van der Waals surface area contributed by atoms with Crippen LogP contribution >= 0.6 is 24.0 Å². The fourth-order valence-corrected chi connectivity index (χ4v) is 2.98. The lowest BCUT2D eigenvalue weighted by atomic mass is 9.84. The second-order valence-corrected chi connectivity index (χ2v) is 6.01. The fraction of sp³-hybridized carbons (Fsp3) is 0.933. The van der Waals surface area contributed by atoms with Crippen LogP contribution < -0.4 is 10.6 Å². The van der Waals surface area contributed by atoms with Crippen molar-refractivity contribution in [3.8, 4) is 0 Å². The monoisotopic (exact) mass is 379 g/mol. The van der Waals surface area contributed by atoms with Crippen LogP contribution in [0.4, 0.5) is 0 Å². The molecule has 2 fully saturated rings. The summed E-state index contributed by atoms with van der Waals surface area (Å²) in [6.45, 7) is 3.39. The molecule has 0 bridgehead atoms. The minimum Gasteiger partial charge on any atom is -0.356 e. The van der Waals surface area contributed by atoms with Crippen molar-refractivity contribution in [2.24, 2.45) is 16.8 Å². The van der Waals surface area contributed by atoms with Crippen molar-refractivity contribution in [1.82, 2.24) is 10.6 Å². The van der Waals surface area contributed by atoms with E-state index in [2.05, 4.69) is 22.5 Å². The van der Waals surface area contributed by atoms with E-state index < -0.39 is 0 Å². The molecule has 3 nitrogen and oxygen atoms in total. The zero-order valence-corrected chi connectivity index (χ0v) is 14.8. The van der Waals surface area contributed by atoms with Gasteiger partial charge in [0.2, 0.25) is 0 Å². The van der Waals surface area contributed by atoms with Gasteiger partial charge in [-0.1, -0.05) is 39.0 Å². The molecule has 2 aliphatic rings. The van der Waals surface area contributed by atoms with Crippen molar-refractivity contribution in [2.45, 2.75) is 64.3 Å². The third-order valence-corrected chi connectivity index (χ3v) is 4.47. The van der Waals surface area contributed by atoms with Gasteiger partial charge in [-0.25, -0.2) is 0 Å². The number of aliphatic imine (C=N–C) groups is 1. The molecule has 0 amide bonds. The number of nitrogens with one attached hydrogen (secondary N) is 2. The first-order valence-electron chi connectivity index (χ1n) is 7.79. The molecule has 2 unspecified atom stereocenters. The van der Waals surface area contributed by atoms with Crippen LogP contribution in [0.1, 0.15) is 58.3 Å². The minimum absolute atomic E-state index is 0. The zero-order chi connectivity index (χ0) is 12.8. The smallest absolute Gasteiger partial charge is 0.191 e. The van der Waals surface area contributed by atoms with Gasteiger partial charge >= 0.3 is 0 Å². The Morgan fingerprint density at radius 2 is 1.95 bits per heavy atom. The van der Waals surface area contributed by atoms with E-state index in [0.717, 1.165) is 24.3 Å². The molecule has 19 heavy (non-hydrogen) atoms. The Labute approximate surface area is 135 Å². The van der Waals surface area contributed by atoms with Gasteiger partial charge in [0.1, 0.15) is 0 Å². The van der Waals surface area contributed by atoms with Crippen LogP contribution in [0.5, 0.6) is 0 Å². The molecule has 0 saturated heterocycles. The number of rotatable bonds is 5. The molecule has 2 N–H and O–H groups in total. The molecule has 2 saturated carbocycles. The van der Waals surface area contributed by atoms with Crippen LogP contribution in [0.3, 0.4) is 0 Å². The van der Waals surface area contributed by atoms with Crippen LogP contribution in [0.2, 0.25) is 0 Å². The number of guanidine groups is 1. The predicted molar refractivity (Wildman–Crippen MR) is 93.3 cm³/mol. The number of halogens is 1. The molecule has 0 aromatic heterocycles. The normalized spacial score (nSPS) is 27.6. The highest BCUT2D eigenvalue weighted by molar-refractivity contribution is 14.0. The second-order valence-electron chi connectivity index (χ2n) is 6.01. The third-order valence-electron chi connectivity index (χ3n) is 4.47. The molecular formula is C15H30IN3.